The van der Waals surface area contributed by atoms with Gasteiger partial charge < -0.3 is 4.90 Å². The summed E-state index contributed by atoms with van der Waals surface area (Å²) >= 11 is 0. The van der Waals surface area contributed by atoms with Crippen molar-refractivity contribution in [2.24, 2.45) is 0 Å². The normalized spacial score (nSPS) is 11.6. The van der Waals surface area contributed by atoms with E-state index in [-0.39, 0.29) is 0 Å². The average molecular weight is 698 g/mol. The van der Waals surface area contributed by atoms with E-state index in [2.05, 4.69) is 217 Å². The van der Waals surface area contributed by atoms with Crippen LogP contribution < -0.4 is 4.90 Å². The van der Waals surface area contributed by atoms with Gasteiger partial charge in [0.15, 0.2) is 0 Å². The summed E-state index contributed by atoms with van der Waals surface area (Å²) in [5.41, 5.74) is 8.41. The van der Waals surface area contributed by atoms with Crippen molar-refractivity contribution in [2.75, 3.05) is 4.90 Å². The van der Waals surface area contributed by atoms with Crippen LogP contribution in [0.4, 0.5) is 17.1 Å². The van der Waals surface area contributed by atoms with Crippen LogP contribution in [0.3, 0.4) is 0 Å². The molecule has 0 fully saturated rings. The van der Waals surface area contributed by atoms with Crippen molar-refractivity contribution in [3.63, 3.8) is 0 Å². The topological polar surface area (TPSA) is 3.24 Å². The summed E-state index contributed by atoms with van der Waals surface area (Å²) in [7, 11) is 0. The second-order valence-corrected chi connectivity index (χ2v) is 14.5. The van der Waals surface area contributed by atoms with Crippen molar-refractivity contribution in [3.8, 4) is 22.3 Å². The lowest BCUT2D eigenvalue weighted by molar-refractivity contribution is 1.29. The molecular weight excluding hydrogens is 663 g/mol. The van der Waals surface area contributed by atoms with Crippen molar-refractivity contribution in [1.29, 1.82) is 0 Å². The summed E-state index contributed by atoms with van der Waals surface area (Å²) < 4.78 is 0. The minimum atomic E-state index is 1.13. The van der Waals surface area contributed by atoms with Gasteiger partial charge >= 0.3 is 0 Å². The highest BCUT2D eigenvalue weighted by Gasteiger charge is 2.22. The molecule has 0 aliphatic rings. The molecule has 11 aromatic carbocycles. The van der Waals surface area contributed by atoms with Crippen molar-refractivity contribution < 1.29 is 0 Å². The number of hydrogen-bond acceptors (Lipinski definition) is 1. The van der Waals surface area contributed by atoms with E-state index in [1.165, 1.54) is 86.9 Å². The standard InChI is InChI=1S/C54H35N/c1-3-17-42(18-4-1)55(43-19-5-2-6-20-43)44-32-31-38-34-41(30-28-39(38)35-44)52-50-26-14-13-25-49(50)51(40-29-27-36-15-7-8-16-37(36)33-40)53-47-23-11-9-21-45(47)46-22-10-12-24-48(46)54(52)53/h1-35H. The summed E-state index contributed by atoms with van der Waals surface area (Å²) in [6.07, 6.45) is 0. The van der Waals surface area contributed by atoms with Crippen LogP contribution in [0.15, 0.2) is 212 Å². The molecule has 0 atom stereocenters. The number of rotatable bonds is 5. The molecule has 0 saturated carbocycles. The Labute approximate surface area is 320 Å². The second-order valence-electron chi connectivity index (χ2n) is 14.5. The van der Waals surface area contributed by atoms with Crippen LogP contribution in [0.25, 0.3) is 86.9 Å². The molecule has 11 rings (SSSR count). The molecule has 0 unspecified atom stereocenters. The molecule has 0 amide bonds. The largest absolute Gasteiger partial charge is 0.310 e. The Morgan fingerprint density at radius 3 is 1.16 bits per heavy atom. The van der Waals surface area contributed by atoms with E-state index >= 15 is 0 Å². The van der Waals surface area contributed by atoms with Crippen molar-refractivity contribution in [3.05, 3.63) is 212 Å². The Hall–Kier alpha value is -7.22. The van der Waals surface area contributed by atoms with E-state index in [0.29, 0.717) is 0 Å². The van der Waals surface area contributed by atoms with E-state index in [1.807, 2.05) is 0 Å². The highest BCUT2D eigenvalue weighted by atomic mass is 15.1. The second kappa shape index (κ2) is 12.7. The minimum absolute atomic E-state index is 1.13. The molecule has 0 heterocycles. The van der Waals surface area contributed by atoms with Crippen LogP contribution in [0, 0.1) is 0 Å². The van der Waals surface area contributed by atoms with Crippen LogP contribution in [0.2, 0.25) is 0 Å². The van der Waals surface area contributed by atoms with E-state index in [9.17, 15) is 0 Å². The molecule has 0 bridgehead atoms. The quantitative estimate of drug-likeness (QED) is 0.128. The molecule has 0 spiro atoms. The minimum Gasteiger partial charge on any atom is -0.310 e. The van der Waals surface area contributed by atoms with Crippen molar-refractivity contribution in [2.45, 2.75) is 0 Å². The SMILES string of the molecule is c1ccc(N(c2ccccc2)c2ccc3cc(-c4c5ccccc5c(-c5ccc6ccccc6c5)c5c6ccccc6c6ccccc6c45)ccc3c2)cc1. The maximum Gasteiger partial charge on any atom is 0.0468 e. The molecule has 0 N–H and O–H groups in total. The van der Waals surface area contributed by atoms with Crippen molar-refractivity contribution >= 4 is 81.7 Å². The third kappa shape index (κ3) is 5.09. The molecule has 0 saturated heterocycles. The van der Waals surface area contributed by atoms with Gasteiger partial charge in [-0.3, -0.25) is 0 Å². The lowest BCUT2D eigenvalue weighted by atomic mass is 9.81. The Morgan fingerprint density at radius 1 is 0.236 bits per heavy atom. The van der Waals surface area contributed by atoms with Crippen LogP contribution >= 0.6 is 0 Å². The molecule has 0 radical (unpaired) electrons. The third-order valence-corrected chi connectivity index (χ3v) is 11.3. The van der Waals surface area contributed by atoms with Crippen LogP contribution in [0.5, 0.6) is 0 Å². The number of anilines is 3. The molecule has 1 nitrogen and oxygen atoms in total. The maximum absolute atomic E-state index is 2.40. The average Bonchev–Trinajstić information content (AvgIpc) is 3.26. The smallest absolute Gasteiger partial charge is 0.0468 e. The predicted octanol–water partition coefficient (Wildman–Crippen LogP) is 15.4. The molecule has 55 heavy (non-hydrogen) atoms. The first kappa shape index (κ1) is 31.3. The van der Waals surface area contributed by atoms with E-state index in [4.69, 9.17) is 0 Å². The van der Waals surface area contributed by atoms with Gasteiger partial charge in [-0.25, -0.2) is 0 Å². The molecule has 0 aliphatic carbocycles. The first-order valence-electron chi connectivity index (χ1n) is 19.0. The van der Waals surface area contributed by atoms with Gasteiger partial charge in [0.2, 0.25) is 0 Å². The molecule has 11 aromatic rings. The van der Waals surface area contributed by atoms with Crippen LogP contribution in [-0.4, -0.2) is 0 Å². The zero-order valence-corrected chi connectivity index (χ0v) is 30.2. The van der Waals surface area contributed by atoms with Gasteiger partial charge in [0.1, 0.15) is 0 Å². The number of para-hydroxylation sites is 2. The Kier molecular flexibility index (Phi) is 7.25. The predicted molar refractivity (Wildman–Crippen MR) is 237 cm³/mol. The first-order valence-corrected chi connectivity index (χ1v) is 19.0. The maximum atomic E-state index is 2.40. The van der Waals surface area contributed by atoms with Gasteiger partial charge in [-0.1, -0.05) is 164 Å². The van der Waals surface area contributed by atoms with Gasteiger partial charge in [-0.05, 0) is 135 Å². The van der Waals surface area contributed by atoms with E-state index < -0.39 is 0 Å². The van der Waals surface area contributed by atoms with Gasteiger partial charge in [0, 0.05) is 17.1 Å². The number of fused-ring (bicyclic) bond motifs is 9. The lowest BCUT2D eigenvalue weighted by Crippen LogP contribution is -2.09. The summed E-state index contributed by atoms with van der Waals surface area (Å²) in [6, 6.07) is 77.8. The number of benzene rings is 11. The van der Waals surface area contributed by atoms with Crippen LogP contribution in [-0.2, 0) is 0 Å². The van der Waals surface area contributed by atoms with E-state index in [0.717, 1.165) is 17.1 Å². The van der Waals surface area contributed by atoms with Gasteiger partial charge in [-0.2, -0.15) is 0 Å². The van der Waals surface area contributed by atoms with E-state index in [1.54, 1.807) is 0 Å². The summed E-state index contributed by atoms with van der Waals surface area (Å²) in [6.45, 7) is 0. The molecule has 0 aromatic heterocycles. The molecule has 1 heteroatoms. The zero-order chi connectivity index (χ0) is 36.3. The highest BCUT2D eigenvalue weighted by molar-refractivity contribution is 6.36. The molecule has 0 aliphatic heterocycles. The fraction of sp³-hybridized carbons (Fsp3) is 0. The number of nitrogens with zero attached hydrogens (tertiary/aromatic N) is 1. The highest BCUT2D eigenvalue weighted by Crippen LogP contribution is 2.50. The zero-order valence-electron chi connectivity index (χ0n) is 30.2. The molecular formula is C54H35N. The first-order chi connectivity index (χ1) is 27.3. The third-order valence-electron chi connectivity index (χ3n) is 11.3. The lowest BCUT2D eigenvalue weighted by Gasteiger charge is -2.26. The summed E-state index contributed by atoms with van der Waals surface area (Å²) in [5, 5.41) is 15.1. The fourth-order valence-corrected chi connectivity index (χ4v) is 8.92. The summed E-state index contributed by atoms with van der Waals surface area (Å²) in [5.74, 6) is 0. The van der Waals surface area contributed by atoms with Gasteiger partial charge in [-0.15, -0.1) is 0 Å². The van der Waals surface area contributed by atoms with Gasteiger partial charge in [0.25, 0.3) is 0 Å². The molecule has 256 valence electrons. The fourth-order valence-electron chi connectivity index (χ4n) is 8.92. The van der Waals surface area contributed by atoms with Crippen LogP contribution in [0.1, 0.15) is 0 Å². The monoisotopic (exact) mass is 697 g/mol. The Balaban J connectivity index is 1.21. The Morgan fingerprint density at radius 2 is 0.618 bits per heavy atom. The van der Waals surface area contributed by atoms with Gasteiger partial charge in [0.05, 0.1) is 0 Å². The summed E-state index contributed by atoms with van der Waals surface area (Å²) in [4.78, 5) is 2.33. The van der Waals surface area contributed by atoms with Crippen molar-refractivity contribution in [1.82, 2.24) is 0 Å². The Bertz CT molecular complexity index is 3210. The number of hydrogen-bond donors (Lipinski definition) is 0.